The highest BCUT2D eigenvalue weighted by atomic mass is 32.1. The smallest absolute Gasteiger partial charge is 0.264 e. The van der Waals surface area contributed by atoms with Gasteiger partial charge < -0.3 is 4.90 Å². The second-order valence-corrected chi connectivity index (χ2v) is 8.02. The van der Waals surface area contributed by atoms with Gasteiger partial charge >= 0.3 is 0 Å². The Morgan fingerprint density at radius 1 is 1.04 bits per heavy atom. The number of benzene rings is 1. The lowest BCUT2D eigenvalue weighted by Crippen LogP contribution is -2.39. The number of piperidine rings is 1. The van der Waals surface area contributed by atoms with Gasteiger partial charge in [0.2, 0.25) is 0 Å². The third-order valence-electron chi connectivity index (χ3n) is 5.36. The van der Waals surface area contributed by atoms with Crippen LogP contribution < -0.4 is 0 Å². The van der Waals surface area contributed by atoms with Crippen LogP contribution in [-0.4, -0.2) is 38.5 Å². The average molecular weight is 388 g/mol. The molecule has 0 bridgehead atoms. The van der Waals surface area contributed by atoms with Crippen LogP contribution in [0.1, 0.15) is 34.3 Å². The first-order valence-corrected chi connectivity index (χ1v) is 10.4. The molecular weight excluding hydrogens is 368 g/mol. The van der Waals surface area contributed by atoms with Gasteiger partial charge in [-0.1, -0.05) is 36.4 Å². The zero-order valence-corrected chi connectivity index (χ0v) is 16.2. The molecule has 1 saturated heterocycles. The Bertz CT molecular complexity index is 1120. The number of fused-ring (bicyclic) bond motifs is 1. The van der Waals surface area contributed by atoms with E-state index in [0.717, 1.165) is 46.9 Å². The average Bonchev–Trinajstić information content (AvgIpc) is 3.41. The molecule has 1 fully saturated rings. The van der Waals surface area contributed by atoms with Crippen LogP contribution in [0.15, 0.2) is 66.2 Å². The van der Waals surface area contributed by atoms with E-state index in [1.807, 2.05) is 63.3 Å². The standard InChI is InChI=1S/C22H20N4OS/c27-22(20-18(11-14-28-20)16-7-2-1-3-8-16)25-12-6-9-17(15-25)21-24-23-19-10-4-5-13-26(19)21/h1-5,7-8,10-11,13-14,17H,6,9,12,15H2. The third-order valence-corrected chi connectivity index (χ3v) is 6.26. The molecule has 0 radical (unpaired) electrons. The molecule has 1 unspecified atom stereocenters. The van der Waals surface area contributed by atoms with Crippen LogP contribution in [0.3, 0.4) is 0 Å². The fraction of sp³-hybridized carbons (Fsp3) is 0.227. The fourth-order valence-electron chi connectivity index (χ4n) is 3.97. The van der Waals surface area contributed by atoms with Crippen molar-refractivity contribution in [1.82, 2.24) is 19.5 Å². The van der Waals surface area contributed by atoms with Gasteiger partial charge in [-0.25, -0.2) is 0 Å². The number of likely N-dealkylation sites (tertiary alicyclic amines) is 1. The van der Waals surface area contributed by atoms with E-state index in [-0.39, 0.29) is 11.8 Å². The number of carbonyl (C=O) groups excluding carboxylic acids is 1. The highest BCUT2D eigenvalue weighted by molar-refractivity contribution is 7.12. The lowest BCUT2D eigenvalue weighted by Gasteiger charge is -2.32. The van der Waals surface area contributed by atoms with Crippen molar-refractivity contribution in [2.24, 2.45) is 0 Å². The molecule has 0 N–H and O–H groups in total. The van der Waals surface area contributed by atoms with Crippen molar-refractivity contribution >= 4 is 22.9 Å². The van der Waals surface area contributed by atoms with E-state index >= 15 is 0 Å². The summed E-state index contributed by atoms with van der Waals surface area (Å²) >= 11 is 1.52. The van der Waals surface area contributed by atoms with Gasteiger partial charge in [0.25, 0.3) is 5.91 Å². The summed E-state index contributed by atoms with van der Waals surface area (Å²) in [5, 5.41) is 10.7. The van der Waals surface area contributed by atoms with Gasteiger partial charge in [0.1, 0.15) is 5.82 Å². The first kappa shape index (κ1) is 17.1. The van der Waals surface area contributed by atoms with Crippen molar-refractivity contribution in [3.63, 3.8) is 0 Å². The normalized spacial score (nSPS) is 17.1. The van der Waals surface area contributed by atoms with Crippen LogP contribution in [0.4, 0.5) is 0 Å². The van der Waals surface area contributed by atoms with Crippen LogP contribution in [0, 0.1) is 0 Å². The molecule has 1 aliphatic heterocycles. The predicted molar refractivity (Wildman–Crippen MR) is 111 cm³/mol. The van der Waals surface area contributed by atoms with Crippen molar-refractivity contribution < 1.29 is 4.79 Å². The quantitative estimate of drug-likeness (QED) is 0.520. The molecule has 1 amide bonds. The van der Waals surface area contributed by atoms with Crippen LogP contribution in [0.25, 0.3) is 16.8 Å². The number of amides is 1. The van der Waals surface area contributed by atoms with Crippen LogP contribution in [0.2, 0.25) is 0 Å². The number of pyridine rings is 1. The summed E-state index contributed by atoms with van der Waals surface area (Å²) in [7, 11) is 0. The monoisotopic (exact) mass is 388 g/mol. The van der Waals surface area contributed by atoms with Gasteiger partial charge in [-0.15, -0.1) is 21.5 Å². The Morgan fingerprint density at radius 2 is 1.89 bits per heavy atom. The van der Waals surface area contributed by atoms with Gasteiger partial charge in [-0.2, -0.15) is 0 Å². The van der Waals surface area contributed by atoms with E-state index in [9.17, 15) is 4.79 Å². The van der Waals surface area contributed by atoms with Gasteiger partial charge in [-0.3, -0.25) is 9.20 Å². The van der Waals surface area contributed by atoms with Gasteiger partial charge in [-0.05, 0) is 42.0 Å². The predicted octanol–water partition coefficient (Wildman–Crippen LogP) is 4.48. The molecule has 1 aromatic carbocycles. The highest BCUT2D eigenvalue weighted by Gasteiger charge is 2.30. The molecule has 1 aliphatic rings. The summed E-state index contributed by atoms with van der Waals surface area (Å²) in [6.45, 7) is 1.47. The number of hydrogen-bond donors (Lipinski definition) is 0. The Morgan fingerprint density at radius 3 is 2.79 bits per heavy atom. The maximum Gasteiger partial charge on any atom is 0.264 e. The summed E-state index contributed by atoms with van der Waals surface area (Å²) in [4.78, 5) is 16.1. The SMILES string of the molecule is O=C(c1sccc1-c1ccccc1)N1CCCC(c2nnc3ccccn23)C1. The van der Waals surface area contributed by atoms with E-state index in [0.29, 0.717) is 6.54 Å². The van der Waals surface area contributed by atoms with E-state index in [1.165, 1.54) is 11.3 Å². The van der Waals surface area contributed by atoms with Crippen molar-refractivity contribution in [1.29, 1.82) is 0 Å². The minimum absolute atomic E-state index is 0.118. The zero-order chi connectivity index (χ0) is 18.9. The first-order valence-electron chi connectivity index (χ1n) is 9.53. The first-order chi connectivity index (χ1) is 13.8. The lowest BCUT2D eigenvalue weighted by atomic mass is 9.96. The molecule has 5 nitrogen and oxygen atoms in total. The second kappa shape index (κ2) is 7.20. The molecular formula is C22H20N4OS. The Kier molecular flexibility index (Phi) is 4.41. The van der Waals surface area contributed by atoms with Crippen molar-refractivity contribution in [3.8, 4) is 11.1 Å². The van der Waals surface area contributed by atoms with Crippen molar-refractivity contribution in [3.05, 3.63) is 76.9 Å². The molecule has 3 aromatic heterocycles. The van der Waals surface area contributed by atoms with Gasteiger partial charge in [0.15, 0.2) is 5.65 Å². The number of thiophene rings is 1. The maximum absolute atomic E-state index is 13.3. The second-order valence-electron chi connectivity index (χ2n) is 7.11. The minimum atomic E-state index is 0.118. The van der Waals surface area contributed by atoms with Crippen molar-refractivity contribution in [2.75, 3.05) is 13.1 Å². The Balaban J connectivity index is 1.42. The molecule has 1 atom stereocenters. The van der Waals surface area contributed by atoms with Crippen molar-refractivity contribution in [2.45, 2.75) is 18.8 Å². The number of nitrogens with zero attached hydrogens (tertiary/aromatic N) is 4. The van der Waals surface area contributed by atoms with Gasteiger partial charge in [0.05, 0.1) is 4.88 Å². The summed E-state index contributed by atoms with van der Waals surface area (Å²) in [5.74, 6) is 1.27. The number of carbonyl (C=O) groups is 1. The summed E-state index contributed by atoms with van der Waals surface area (Å²) < 4.78 is 2.04. The lowest BCUT2D eigenvalue weighted by molar-refractivity contribution is 0.0710. The van der Waals surface area contributed by atoms with Crippen LogP contribution >= 0.6 is 11.3 Å². The Hall–Kier alpha value is -2.99. The van der Waals surface area contributed by atoms with E-state index in [1.54, 1.807) is 0 Å². The minimum Gasteiger partial charge on any atom is -0.337 e. The molecule has 0 aliphatic carbocycles. The highest BCUT2D eigenvalue weighted by Crippen LogP contribution is 2.32. The number of hydrogen-bond acceptors (Lipinski definition) is 4. The summed E-state index contributed by atoms with van der Waals surface area (Å²) in [5.41, 5.74) is 2.96. The van der Waals surface area contributed by atoms with E-state index in [4.69, 9.17) is 0 Å². The summed E-state index contributed by atoms with van der Waals surface area (Å²) in [6, 6.07) is 18.1. The molecule has 0 spiro atoms. The van der Waals surface area contributed by atoms with E-state index < -0.39 is 0 Å². The Labute approximate surface area is 167 Å². The zero-order valence-electron chi connectivity index (χ0n) is 15.4. The molecule has 4 aromatic rings. The molecule has 0 saturated carbocycles. The largest absolute Gasteiger partial charge is 0.337 e. The number of rotatable bonds is 3. The van der Waals surface area contributed by atoms with E-state index in [2.05, 4.69) is 22.3 Å². The maximum atomic E-state index is 13.3. The van der Waals surface area contributed by atoms with Crippen LogP contribution in [0.5, 0.6) is 0 Å². The molecule has 140 valence electrons. The van der Waals surface area contributed by atoms with Crippen LogP contribution in [-0.2, 0) is 0 Å². The molecule has 4 heterocycles. The molecule has 5 rings (SSSR count). The van der Waals surface area contributed by atoms with Gasteiger partial charge in [0, 0.05) is 30.8 Å². The molecule has 28 heavy (non-hydrogen) atoms. The third kappa shape index (κ3) is 2.99. The topological polar surface area (TPSA) is 50.5 Å². The fourth-order valence-corrected chi connectivity index (χ4v) is 4.86. The molecule has 6 heteroatoms. The number of aromatic nitrogens is 3. The summed E-state index contributed by atoms with van der Waals surface area (Å²) in [6.07, 6.45) is 4.00.